The number of aryl methyl sites for hydroxylation is 1. The van der Waals surface area contributed by atoms with Gasteiger partial charge < -0.3 is 5.32 Å². The number of halogens is 1. The van der Waals surface area contributed by atoms with E-state index in [-0.39, 0.29) is 5.69 Å². The topological polar surface area (TPSA) is 55.2 Å². The smallest absolute Gasteiger partial charge is 0.271 e. The molecule has 0 spiro atoms. The molecule has 2 aromatic carbocycles. The van der Waals surface area contributed by atoms with Gasteiger partial charge in [-0.15, -0.1) is 0 Å². The molecular weight excluding hydrogens is 264 g/mol. The lowest BCUT2D eigenvalue weighted by Crippen LogP contribution is -2.00. The van der Waals surface area contributed by atoms with Gasteiger partial charge >= 0.3 is 0 Å². The molecule has 4 nitrogen and oxygen atoms in total. The second-order valence-electron chi connectivity index (χ2n) is 4.26. The van der Waals surface area contributed by atoms with Gasteiger partial charge in [-0.1, -0.05) is 41.4 Å². The zero-order chi connectivity index (χ0) is 13.8. The van der Waals surface area contributed by atoms with Crippen LogP contribution in [0.15, 0.2) is 42.5 Å². The summed E-state index contributed by atoms with van der Waals surface area (Å²) < 4.78 is 0. The van der Waals surface area contributed by atoms with Crippen LogP contribution in [0.25, 0.3) is 0 Å². The van der Waals surface area contributed by atoms with Gasteiger partial charge in [0.2, 0.25) is 0 Å². The van der Waals surface area contributed by atoms with E-state index in [4.69, 9.17) is 11.6 Å². The normalized spacial score (nSPS) is 10.2. The Morgan fingerprint density at radius 3 is 2.53 bits per heavy atom. The molecule has 0 heterocycles. The van der Waals surface area contributed by atoms with Crippen LogP contribution >= 0.6 is 11.6 Å². The molecule has 0 saturated carbocycles. The highest BCUT2D eigenvalue weighted by atomic mass is 35.5. The molecule has 0 atom stereocenters. The van der Waals surface area contributed by atoms with Crippen molar-refractivity contribution in [2.45, 2.75) is 13.5 Å². The number of hydrogen-bond acceptors (Lipinski definition) is 3. The van der Waals surface area contributed by atoms with Crippen LogP contribution in [0.2, 0.25) is 5.02 Å². The minimum Gasteiger partial charge on any atom is -0.380 e. The Kier molecular flexibility index (Phi) is 4.02. The Labute approximate surface area is 116 Å². The molecule has 0 aliphatic rings. The lowest BCUT2D eigenvalue weighted by Gasteiger charge is -2.08. The van der Waals surface area contributed by atoms with Gasteiger partial charge in [-0.25, -0.2) is 0 Å². The van der Waals surface area contributed by atoms with Crippen molar-refractivity contribution in [1.29, 1.82) is 0 Å². The summed E-state index contributed by atoms with van der Waals surface area (Å²) >= 11 is 6.01. The molecule has 0 amide bonds. The van der Waals surface area contributed by atoms with Crippen molar-refractivity contribution < 1.29 is 4.92 Å². The fraction of sp³-hybridized carbons (Fsp3) is 0.143. The summed E-state index contributed by atoms with van der Waals surface area (Å²) in [5.41, 5.74) is 2.87. The molecule has 1 N–H and O–H groups in total. The molecule has 0 unspecified atom stereocenters. The van der Waals surface area contributed by atoms with E-state index >= 15 is 0 Å². The summed E-state index contributed by atoms with van der Waals surface area (Å²) in [6.45, 7) is 2.59. The molecule has 5 heteroatoms. The van der Waals surface area contributed by atoms with Gasteiger partial charge in [0, 0.05) is 18.7 Å². The third-order valence-corrected chi connectivity index (χ3v) is 3.09. The van der Waals surface area contributed by atoms with Crippen LogP contribution in [0.3, 0.4) is 0 Å². The molecule has 0 saturated heterocycles. The fourth-order valence-corrected chi connectivity index (χ4v) is 1.85. The highest BCUT2D eigenvalue weighted by molar-refractivity contribution is 6.33. The highest BCUT2D eigenvalue weighted by Gasteiger charge is 2.09. The maximum absolute atomic E-state index is 10.7. The van der Waals surface area contributed by atoms with E-state index in [1.165, 1.54) is 23.8 Å². The first-order chi connectivity index (χ1) is 9.06. The molecule has 0 aromatic heterocycles. The summed E-state index contributed by atoms with van der Waals surface area (Å²) in [5, 5.41) is 14.3. The van der Waals surface area contributed by atoms with E-state index in [0.29, 0.717) is 17.3 Å². The number of nitrogens with one attached hydrogen (secondary N) is 1. The van der Waals surface area contributed by atoms with Crippen LogP contribution in [0, 0.1) is 17.0 Å². The standard InChI is InChI=1S/C14H13ClN2O2/c1-10-2-4-11(5-3-10)9-16-14-8-12(17(18)19)6-7-13(14)15/h2-8,16H,9H2,1H3. The summed E-state index contributed by atoms with van der Waals surface area (Å²) in [6, 6.07) is 12.4. The van der Waals surface area contributed by atoms with Gasteiger partial charge in [0.25, 0.3) is 5.69 Å². The number of nitro benzene ring substituents is 1. The second kappa shape index (κ2) is 5.71. The van der Waals surface area contributed by atoms with Gasteiger partial charge in [-0.2, -0.15) is 0 Å². The highest BCUT2D eigenvalue weighted by Crippen LogP contribution is 2.27. The number of benzene rings is 2. The maximum atomic E-state index is 10.7. The number of non-ortho nitro benzene ring substituents is 1. The first-order valence-corrected chi connectivity index (χ1v) is 6.17. The van der Waals surface area contributed by atoms with Crippen molar-refractivity contribution in [1.82, 2.24) is 0 Å². The van der Waals surface area contributed by atoms with Crippen molar-refractivity contribution in [3.8, 4) is 0 Å². The quantitative estimate of drug-likeness (QED) is 0.673. The van der Waals surface area contributed by atoms with Crippen LogP contribution in [0.4, 0.5) is 11.4 Å². The van der Waals surface area contributed by atoms with Gasteiger partial charge in [0.05, 0.1) is 15.6 Å². The molecule has 0 fully saturated rings. The van der Waals surface area contributed by atoms with Crippen molar-refractivity contribution >= 4 is 23.0 Å². The molecule has 2 aromatic rings. The van der Waals surface area contributed by atoms with Crippen molar-refractivity contribution in [2.75, 3.05) is 5.32 Å². The largest absolute Gasteiger partial charge is 0.380 e. The molecule has 0 radical (unpaired) electrons. The number of hydrogen-bond donors (Lipinski definition) is 1. The lowest BCUT2D eigenvalue weighted by molar-refractivity contribution is -0.384. The van der Waals surface area contributed by atoms with Crippen LogP contribution in [-0.4, -0.2) is 4.92 Å². The molecular formula is C14H13ClN2O2. The monoisotopic (exact) mass is 276 g/mol. The van der Waals surface area contributed by atoms with E-state index in [1.807, 2.05) is 31.2 Å². The Balaban J connectivity index is 2.12. The fourth-order valence-electron chi connectivity index (χ4n) is 1.67. The Hall–Kier alpha value is -2.07. The van der Waals surface area contributed by atoms with E-state index < -0.39 is 4.92 Å². The molecule has 2 rings (SSSR count). The van der Waals surface area contributed by atoms with Crippen LogP contribution in [0.5, 0.6) is 0 Å². The molecule has 0 aliphatic heterocycles. The third-order valence-electron chi connectivity index (χ3n) is 2.76. The van der Waals surface area contributed by atoms with Crippen molar-refractivity contribution in [3.05, 3.63) is 68.7 Å². The van der Waals surface area contributed by atoms with Gasteiger partial charge in [-0.05, 0) is 18.6 Å². The van der Waals surface area contributed by atoms with E-state index in [9.17, 15) is 10.1 Å². The number of nitro groups is 1. The zero-order valence-corrected chi connectivity index (χ0v) is 11.1. The Bertz CT molecular complexity index is 597. The molecule has 0 aliphatic carbocycles. The van der Waals surface area contributed by atoms with Crippen LogP contribution < -0.4 is 5.32 Å². The molecule has 19 heavy (non-hydrogen) atoms. The lowest BCUT2D eigenvalue weighted by atomic mass is 10.1. The van der Waals surface area contributed by atoms with E-state index in [2.05, 4.69) is 5.32 Å². The minimum atomic E-state index is -0.437. The predicted octanol–water partition coefficient (Wildman–Crippen LogP) is 4.17. The van der Waals surface area contributed by atoms with Crippen molar-refractivity contribution in [2.24, 2.45) is 0 Å². The SMILES string of the molecule is Cc1ccc(CNc2cc([N+](=O)[O-])ccc2Cl)cc1. The van der Waals surface area contributed by atoms with Crippen LogP contribution in [0.1, 0.15) is 11.1 Å². The maximum Gasteiger partial charge on any atom is 0.271 e. The summed E-state index contributed by atoms with van der Waals surface area (Å²) in [5.74, 6) is 0. The Morgan fingerprint density at radius 2 is 1.89 bits per heavy atom. The second-order valence-corrected chi connectivity index (χ2v) is 4.67. The van der Waals surface area contributed by atoms with E-state index in [0.717, 1.165) is 5.56 Å². The number of nitrogens with zero attached hydrogens (tertiary/aromatic N) is 1. The molecule has 0 bridgehead atoms. The third kappa shape index (κ3) is 3.45. The average Bonchev–Trinajstić information content (AvgIpc) is 2.39. The Morgan fingerprint density at radius 1 is 1.21 bits per heavy atom. The summed E-state index contributed by atoms with van der Waals surface area (Å²) in [4.78, 5) is 10.3. The number of anilines is 1. The van der Waals surface area contributed by atoms with Crippen molar-refractivity contribution in [3.63, 3.8) is 0 Å². The summed E-state index contributed by atoms with van der Waals surface area (Å²) in [7, 11) is 0. The zero-order valence-electron chi connectivity index (χ0n) is 10.4. The van der Waals surface area contributed by atoms with Gasteiger partial charge in [-0.3, -0.25) is 10.1 Å². The first-order valence-electron chi connectivity index (χ1n) is 5.79. The summed E-state index contributed by atoms with van der Waals surface area (Å²) in [6.07, 6.45) is 0. The first kappa shape index (κ1) is 13.4. The minimum absolute atomic E-state index is 0.0239. The van der Waals surface area contributed by atoms with Gasteiger partial charge in [0.15, 0.2) is 0 Å². The predicted molar refractivity (Wildman–Crippen MR) is 76.6 cm³/mol. The molecule has 98 valence electrons. The van der Waals surface area contributed by atoms with Gasteiger partial charge in [0.1, 0.15) is 0 Å². The number of rotatable bonds is 4. The van der Waals surface area contributed by atoms with Crippen LogP contribution in [-0.2, 0) is 6.54 Å². The average molecular weight is 277 g/mol. The van der Waals surface area contributed by atoms with E-state index in [1.54, 1.807) is 0 Å².